The van der Waals surface area contributed by atoms with Crippen LogP contribution in [0.3, 0.4) is 0 Å². The maximum atomic E-state index is 10.8. The average molecular weight is 325 g/mol. The normalized spacial score (nSPS) is 10.7. The summed E-state index contributed by atoms with van der Waals surface area (Å²) in [7, 11) is 0. The molecular formula is C16H15N5O3. The molecule has 2 heterocycles. The van der Waals surface area contributed by atoms with Crippen LogP contribution in [0.5, 0.6) is 0 Å². The molecule has 0 aliphatic heterocycles. The molecule has 3 rings (SSSR count). The van der Waals surface area contributed by atoms with Crippen LogP contribution >= 0.6 is 0 Å². The van der Waals surface area contributed by atoms with E-state index >= 15 is 0 Å². The second-order valence-electron chi connectivity index (χ2n) is 5.15. The molecule has 0 fully saturated rings. The maximum absolute atomic E-state index is 10.8. The monoisotopic (exact) mass is 325 g/mol. The number of hydrogen-bond acceptors (Lipinski definition) is 7. The van der Waals surface area contributed by atoms with Gasteiger partial charge < -0.3 is 14.9 Å². The summed E-state index contributed by atoms with van der Waals surface area (Å²) in [5.41, 5.74) is 2.60. The van der Waals surface area contributed by atoms with E-state index in [1.165, 1.54) is 12.1 Å². The van der Waals surface area contributed by atoms with Crippen LogP contribution < -0.4 is 5.32 Å². The summed E-state index contributed by atoms with van der Waals surface area (Å²) < 4.78 is 5.18. The van der Waals surface area contributed by atoms with Crippen LogP contribution in [0.2, 0.25) is 0 Å². The molecular weight excluding hydrogens is 310 g/mol. The van der Waals surface area contributed by atoms with Crippen LogP contribution in [-0.2, 0) is 13.1 Å². The van der Waals surface area contributed by atoms with Gasteiger partial charge in [-0.2, -0.15) is 4.98 Å². The van der Waals surface area contributed by atoms with Gasteiger partial charge in [0.2, 0.25) is 11.7 Å². The van der Waals surface area contributed by atoms with Crippen LogP contribution in [0.25, 0.3) is 11.4 Å². The minimum atomic E-state index is -0.973. The highest BCUT2D eigenvalue weighted by atomic mass is 16.5. The summed E-state index contributed by atoms with van der Waals surface area (Å²) in [6, 6.07) is 6.30. The Labute approximate surface area is 137 Å². The first-order valence-corrected chi connectivity index (χ1v) is 7.26. The number of nitrogens with one attached hydrogen (secondary N) is 1. The highest BCUT2D eigenvalue weighted by Crippen LogP contribution is 2.16. The standard InChI is InChI=1S/C16H15N5O3/c1-10-6-19-13(8-18-10)7-17-9-14-20-15(21-24-14)11-2-4-12(5-3-11)16(22)23/h2-6,8,17H,7,9H2,1H3,(H,22,23). The van der Waals surface area contributed by atoms with Gasteiger partial charge in [0.15, 0.2) is 0 Å². The Bertz CT molecular complexity index is 828. The van der Waals surface area contributed by atoms with Gasteiger partial charge in [-0.25, -0.2) is 4.79 Å². The third-order valence-electron chi connectivity index (χ3n) is 3.27. The predicted molar refractivity (Wildman–Crippen MR) is 84.0 cm³/mol. The maximum Gasteiger partial charge on any atom is 0.335 e. The predicted octanol–water partition coefficient (Wildman–Crippen LogP) is 1.82. The molecule has 0 aliphatic carbocycles. The Hall–Kier alpha value is -3.13. The number of carbonyl (C=O) groups is 1. The lowest BCUT2D eigenvalue weighted by molar-refractivity contribution is 0.0697. The number of carboxylic acid groups (broad SMARTS) is 1. The second-order valence-corrected chi connectivity index (χ2v) is 5.15. The largest absolute Gasteiger partial charge is 0.478 e. The number of carboxylic acids is 1. The minimum Gasteiger partial charge on any atom is -0.478 e. The van der Waals surface area contributed by atoms with Crippen LogP contribution in [0, 0.1) is 6.92 Å². The number of aromatic nitrogens is 4. The van der Waals surface area contributed by atoms with Crippen LogP contribution in [0.15, 0.2) is 41.2 Å². The topological polar surface area (TPSA) is 114 Å². The molecule has 2 N–H and O–H groups in total. The summed E-state index contributed by atoms with van der Waals surface area (Å²) in [5.74, 6) is -0.120. The first-order chi connectivity index (χ1) is 11.6. The highest BCUT2D eigenvalue weighted by Gasteiger charge is 2.10. The molecule has 2 aromatic heterocycles. The van der Waals surface area contributed by atoms with Crippen LogP contribution in [0.4, 0.5) is 0 Å². The number of nitrogens with zero attached hydrogens (tertiary/aromatic N) is 4. The number of aromatic carboxylic acids is 1. The number of hydrogen-bond donors (Lipinski definition) is 2. The number of benzene rings is 1. The molecule has 1 aromatic carbocycles. The molecule has 3 aromatic rings. The van der Waals surface area contributed by atoms with Crippen LogP contribution in [-0.4, -0.2) is 31.2 Å². The van der Waals surface area contributed by atoms with Crippen molar-refractivity contribution in [2.75, 3.05) is 0 Å². The molecule has 0 unspecified atom stereocenters. The van der Waals surface area contributed by atoms with Crippen molar-refractivity contribution in [1.82, 2.24) is 25.4 Å². The molecule has 0 spiro atoms. The molecule has 0 aliphatic rings. The molecule has 0 bridgehead atoms. The zero-order valence-electron chi connectivity index (χ0n) is 12.9. The van der Waals surface area contributed by atoms with Crippen molar-refractivity contribution in [3.8, 4) is 11.4 Å². The highest BCUT2D eigenvalue weighted by molar-refractivity contribution is 5.88. The molecule has 8 nitrogen and oxygen atoms in total. The Kier molecular flexibility index (Phi) is 4.57. The molecule has 0 atom stereocenters. The van der Waals surface area contributed by atoms with Gasteiger partial charge in [0.25, 0.3) is 0 Å². The van der Waals surface area contributed by atoms with Crippen molar-refractivity contribution in [3.05, 3.63) is 59.5 Å². The van der Waals surface area contributed by atoms with Crippen molar-refractivity contribution in [2.45, 2.75) is 20.0 Å². The first-order valence-electron chi connectivity index (χ1n) is 7.26. The van der Waals surface area contributed by atoms with Crippen LogP contribution in [0.1, 0.15) is 27.6 Å². The van der Waals surface area contributed by atoms with Gasteiger partial charge in [0.1, 0.15) is 0 Å². The van der Waals surface area contributed by atoms with Gasteiger partial charge in [-0.05, 0) is 19.1 Å². The molecule has 122 valence electrons. The SMILES string of the molecule is Cc1cnc(CNCc2nc(-c3ccc(C(=O)O)cc3)no2)cn1. The van der Waals surface area contributed by atoms with Crippen molar-refractivity contribution >= 4 is 5.97 Å². The zero-order chi connectivity index (χ0) is 16.9. The fourth-order valence-corrected chi connectivity index (χ4v) is 2.01. The summed E-state index contributed by atoms with van der Waals surface area (Å²) in [6.07, 6.45) is 3.42. The fourth-order valence-electron chi connectivity index (χ4n) is 2.01. The van der Waals surface area contributed by atoms with E-state index in [0.717, 1.165) is 11.4 Å². The van der Waals surface area contributed by atoms with Gasteiger partial charge in [-0.15, -0.1) is 0 Å². The third-order valence-corrected chi connectivity index (χ3v) is 3.27. The van der Waals surface area contributed by atoms with Crippen molar-refractivity contribution in [2.24, 2.45) is 0 Å². The Morgan fingerprint density at radius 1 is 1.17 bits per heavy atom. The minimum absolute atomic E-state index is 0.211. The fraction of sp³-hybridized carbons (Fsp3) is 0.188. The van der Waals surface area contributed by atoms with Gasteiger partial charge in [0, 0.05) is 24.5 Å². The lowest BCUT2D eigenvalue weighted by atomic mass is 10.1. The molecule has 8 heteroatoms. The molecule has 0 radical (unpaired) electrons. The van der Waals surface area contributed by atoms with E-state index in [0.29, 0.717) is 30.4 Å². The summed E-state index contributed by atoms with van der Waals surface area (Å²) >= 11 is 0. The van der Waals surface area contributed by atoms with E-state index in [4.69, 9.17) is 9.63 Å². The van der Waals surface area contributed by atoms with Crippen molar-refractivity contribution in [3.63, 3.8) is 0 Å². The van der Waals surface area contributed by atoms with Crippen molar-refractivity contribution < 1.29 is 14.4 Å². The number of aryl methyl sites for hydroxylation is 1. The third kappa shape index (κ3) is 3.79. The lowest BCUT2D eigenvalue weighted by Gasteiger charge is -2.00. The second kappa shape index (κ2) is 6.97. The molecule has 0 amide bonds. The van der Waals surface area contributed by atoms with Gasteiger partial charge in [-0.3, -0.25) is 9.97 Å². The van der Waals surface area contributed by atoms with Gasteiger partial charge in [-0.1, -0.05) is 17.3 Å². The summed E-state index contributed by atoms with van der Waals surface area (Å²) in [5, 5.41) is 15.9. The zero-order valence-corrected chi connectivity index (χ0v) is 12.9. The lowest BCUT2D eigenvalue weighted by Crippen LogP contribution is -2.14. The molecule has 0 saturated heterocycles. The van der Waals surface area contributed by atoms with E-state index in [1.54, 1.807) is 24.5 Å². The molecule has 24 heavy (non-hydrogen) atoms. The smallest absolute Gasteiger partial charge is 0.335 e. The Morgan fingerprint density at radius 2 is 1.96 bits per heavy atom. The van der Waals surface area contributed by atoms with E-state index in [1.807, 2.05) is 6.92 Å². The van der Waals surface area contributed by atoms with Gasteiger partial charge in [0.05, 0.1) is 23.5 Å². The van der Waals surface area contributed by atoms with Crippen molar-refractivity contribution in [1.29, 1.82) is 0 Å². The Balaban J connectivity index is 1.59. The molecule has 0 saturated carbocycles. The number of rotatable bonds is 6. The Morgan fingerprint density at radius 3 is 2.62 bits per heavy atom. The van der Waals surface area contributed by atoms with E-state index in [9.17, 15) is 4.79 Å². The quantitative estimate of drug-likeness (QED) is 0.705. The summed E-state index contributed by atoms with van der Waals surface area (Å²) in [4.78, 5) is 23.5. The van der Waals surface area contributed by atoms with E-state index < -0.39 is 5.97 Å². The van der Waals surface area contributed by atoms with E-state index in [-0.39, 0.29) is 5.56 Å². The van der Waals surface area contributed by atoms with Gasteiger partial charge >= 0.3 is 5.97 Å². The summed E-state index contributed by atoms with van der Waals surface area (Å²) in [6.45, 7) is 2.82. The van der Waals surface area contributed by atoms with E-state index in [2.05, 4.69) is 25.4 Å². The first kappa shape index (κ1) is 15.8. The average Bonchev–Trinajstić information content (AvgIpc) is 3.06.